The number of halogens is 1. The van der Waals surface area contributed by atoms with Crippen LogP contribution in [-0.2, 0) is 0 Å². The number of rotatable bonds is 3. The molecule has 0 saturated heterocycles. The molecule has 0 aliphatic rings. The Balaban J connectivity index is 3.00. The molecule has 1 heterocycles. The van der Waals surface area contributed by atoms with E-state index >= 15 is 0 Å². The summed E-state index contributed by atoms with van der Waals surface area (Å²) in [6.07, 6.45) is 3.67. The smallest absolute Gasteiger partial charge is 0.143 e. The van der Waals surface area contributed by atoms with E-state index in [1.165, 1.54) is 5.56 Å². The van der Waals surface area contributed by atoms with Gasteiger partial charge < -0.3 is 4.90 Å². The highest BCUT2D eigenvalue weighted by molar-refractivity contribution is 9.10. The van der Waals surface area contributed by atoms with Gasteiger partial charge >= 0.3 is 0 Å². The summed E-state index contributed by atoms with van der Waals surface area (Å²) in [6, 6.07) is 1.98. The molecule has 70 valence electrons. The van der Waals surface area contributed by atoms with Crippen molar-refractivity contribution in [2.75, 3.05) is 18.5 Å². The minimum Gasteiger partial charge on any atom is -0.355 e. The topological polar surface area (TPSA) is 16.1 Å². The lowest BCUT2D eigenvalue weighted by atomic mass is 10.3. The van der Waals surface area contributed by atoms with E-state index in [9.17, 15) is 0 Å². The van der Waals surface area contributed by atoms with Crippen molar-refractivity contribution < 1.29 is 0 Å². The molecule has 1 rings (SSSR count). The predicted molar refractivity (Wildman–Crippen MR) is 60.1 cm³/mol. The van der Waals surface area contributed by atoms with E-state index in [4.69, 9.17) is 0 Å². The molecule has 0 aliphatic carbocycles. The number of nitrogens with zero attached hydrogens (tertiary/aromatic N) is 2. The van der Waals surface area contributed by atoms with Crippen molar-refractivity contribution in [3.05, 3.63) is 35.0 Å². The van der Waals surface area contributed by atoms with E-state index < -0.39 is 0 Å². The molecule has 0 atom stereocenters. The second kappa shape index (κ2) is 4.42. The van der Waals surface area contributed by atoms with Crippen LogP contribution in [0, 0.1) is 6.92 Å². The first kappa shape index (κ1) is 10.3. The second-order valence-electron chi connectivity index (χ2n) is 2.93. The Hall–Kier alpha value is -0.830. The lowest BCUT2D eigenvalue weighted by Crippen LogP contribution is -2.18. The number of hydrogen-bond acceptors (Lipinski definition) is 2. The van der Waals surface area contributed by atoms with Gasteiger partial charge in [0.1, 0.15) is 5.82 Å². The Morgan fingerprint density at radius 2 is 2.38 bits per heavy atom. The average molecular weight is 241 g/mol. The largest absolute Gasteiger partial charge is 0.355 e. The van der Waals surface area contributed by atoms with Crippen LogP contribution in [0.3, 0.4) is 0 Å². The normalized spacial score (nSPS) is 9.77. The third-order valence-corrected chi connectivity index (χ3v) is 2.81. The van der Waals surface area contributed by atoms with Crippen molar-refractivity contribution in [1.82, 2.24) is 4.98 Å². The number of hydrogen-bond donors (Lipinski definition) is 0. The van der Waals surface area contributed by atoms with Gasteiger partial charge in [-0.15, -0.1) is 6.58 Å². The van der Waals surface area contributed by atoms with Crippen molar-refractivity contribution in [2.45, 2.75) is 6.92 Å². The van der Waals surface area contributed by atoms with Gasteiger partial charge in [0.25, 0.3) is 0 Å². The van der Waals surface area contributed by atoms with Crippen LogP contribution < -0.4 is 4.90 Å². The zero-order valence-corrected chi connectivity index (χ0v) is 9.50. The molecule has 0 radical (unpaired) electrons. The van der Waals surface area contributed by atoms with Crippen LogP contribution in [0.2, 0.25) is 0 Å². The first-order valence-electron chi connectivity index (χ1n) is 4.10. The number of aromatic nitrogens is 1. The molecule has 0 fully saturated rings. The van der Waals surface area contributed by atoms with Crippen LogP contribution in [0.25, 0.3) is 0 Å². The first-order valence-corrected chi connectivity index (χ1v) is 4.89. The van der Waals surface area contributed by atoms with Crippen molar-refractivity contribution in [1.29, 1.82) is 0 Å². The van der Waals surface area contributed by atoms with Crippen molar-refractivity contribution in [2.24, 2.45) is 0 Å². The van der Waals surface area contributed by atoms with Gasteiger partial charge in [0, 0.05) is 19.8 Å². The summed E-state index contributed by atoms with van der Waals surface area (Å²) >= 11 is 3.51. The molecule has 0 bridgehead atoms. The zero-order chi connectivity index (χ0) is 9.84. The van der Waals surface area contributed by atoms with Crippen LogP contribution in [0.4, 0.5) is 5.82 Å². The molecule has 0 spiro atoms. The molecule has 0 saturated carbocycles. The molecular weight excluding hydrogens is 228 g/mol. The SMILES string of the molecule is C=CCN(C)c1nccc(C)c1Br. The summed E-state index contributed by atoms with van der Waals surface area (Å²) < 4.78 is 1.05. The molecule has 0 unspecified atom stereocenters. The van der Waals surface area contributed by atoms with Crippen molar-refractivity contribution in [3.8, 4) is 0 Å². The fraction of sp³-hybridized carbons (Fsp3) is 0.300. The van der Waals surface area contributed by atoms with Gasteiger partial charge in [-0.2, -0.15) is 0 Å². The zero-order valence-electron chi connectivity index (χ0n) is 7.92. The van der Waals surface area contributed by atoms with Gasteiger partial charge in [-0.1, -0.05) is 6.08 Å². The fourth-order valence-corrected chi connectivity index (χ4v) is 1.61. The quantitative estimate of drug-likeness (QED) is 0.756. The highest BCUT2D eigenvalue weighted by Crippen LogP contribution is 2.25. The van der Waals surface area contributed by atoms with Crippen LogP contribution in [0.15, 0.2) is 29.4 Å². The van der Waals surface area contributed by atoms with Crippen LogP contribution in [-0.4, -0.2) is 18.6 Å². The van der Waals surface area contributed by atoms with Crippen LogP contribution in [0.1, 0.15) is 5.56 Å². The summed E-state index contributed by atoms with van der Waals surface area (Å²) in [5.41, 5.74) is 1.20. The molecule has 1 aromatic rings. The molecular formula is C10H13BrN2. The Morgan fingerprint density at radius 3 is 3.00 bits per heavy atom. The maximum absolute atomic E-state index is 4.29. The summed E-state index contributed by atoms with van der Waals surface area (Å²) in [5.74, 6) is 0.958. The highest BCUT2D eigenvalue weighted by atomic mass is 79.9. The van der Waals surface area contributed by atoms with Crippen molar-refractivity contribution >= 4 is 21.7 Å². The third kappa shape index (κ3) is 2.31. The molecule has 0 aromatic carbocycles. The number of anilines is 1. The highest BCUT2D eigenvalue weighted by Gasteiger charge is 2.06. The minimum absolute atomic E-state index is 0.801. The van der Waals surface area contributed by atoms with Crippen molar-refractivity contribution in [3.63, 3.8) is 0 Å². The maximum Gasteiger partial charge on any atom is 0.143 e. The minimum atomic E-state index is 0.801. The Morgan fingerprint density at radius 1 is 1.69 bits per heavy atom. The lowest BCUT2D eigenvalue weighted by Gasteiger charge is -2.17. The van der Waals surface area contributed by atoms with Gasteiger partial charge in [-0.05, 0) is 34.5 Å². The summed E-state index contributed by atoms with van der Waals surface area (Å²) in [5, 5.41) is 0. The first-order chi connectivity index (χ1) is 6.16. The molecule has 3 heteroatoms. The van der Waals surface area contributed by atoms with E-state index in [0.717, 1.165) is 16.8 Å². The summed E-state index contributed by atoms with van der Waals surface area (Å²) in [4.78, 5) is 6.33. The van der Waals surface area contributed by atoms with Gasteiger partial charge in [0.05, 0.1) is 4.47 Å². The van der Waals surface area contributed by atoms with Gasteiger partial charge in [0.15, 0.2) is 0 Å². The van der Waals surface area contributed by atoms with E-state index in [0.29, 0.717) is 0 Å². The van der Waals surface area contributed by atoms with E-state index in [-0.39, 0.29) is 0 Å². The monoisotopic (exact) mass is 240 g/mol. The molecule has 2 nitrogen and oxygen atoms in total. The fourth-order valence-electron chi connectivity index (χ4n) is 1.07. The molecule has 0 N–H and O–H groups in total. The maximum atomic E-state index is 4.29. The summed E-state index contributed by atoms with van der Waals surface area (Å²) in [6.45, 7) is 6.55. The predicted octanol–water partition coefficient (Wildman–Crippen LogP) is 2.77. The second-order valence-corrected chi connectivity index (χ2v) is 3.73. The number of aryl methyl sites for hydroxylation is 1. The summed E-state index contributed by atoms with van der Waals surface area (Å²) in [7, 11) is 1.99. The van der Waals surface area contributed by atoms with E-state index in [2.05, 4.69) is 34.4 Å². The number of likely N-dealkylation sites (N-methyl/N-ethyl adjacent to an activating group) is 1. The Kier molecular flexibility index (Phi) is 3.48. The van der Waals surface area contributed by atoms with Gasteiger partial charge in [0.2, 0.25) is 0 Å². The lowest BCUT2D eigenvalue weighted by molar-refractivity contribution is 0.981. The third-order valence-electron chi connectivity index (χ3n) is 1.83. The molecule has 13 heavy (non-hydrogen) atoms. The molecule has 1 aromatic heterocycles. The average Bonchev–Trinajstić information content (AvgIpc) is 2.10. The Labute approximate surface area is 87.4 Å². The van der Waals surface area contributed by atoms with E-state index in [1.54, 1.807) is 0 Å². The van der Waals surface area contributed by atoms with Gasteiger partial charge in [-0.3, -0.25) is 0 Å². The standard InChI is InChI=1S/C10H13BrN2/c1-4-7-13(3)10-9(11)8(2)5-6-12-10/h4-6H,1,7H2,2-3H3. The van der Waals surface area contributed by atoms with Gasteiger partial charge in [-0.25, -0.2) is 4.98 Å². The molecule has 0 amide bonds. The molecule has 0 aliphatic heterocycles. The van der Waals surface area contributed by atoms with E-state index in [1.807, 2.05) is 30.3 Å². The van der Waals surface area contributed by atoms with Crippen LogP contribution in [0.5, 0.6) is 0 Å². The Bertz CT molecular complexity index is 310. The van der Waals surface area contributed by atoms with Crippen LogP contribution >= 0.6 is 15.9 Å². The number of pyridine rings is 1.